The number of ether oxygens (including phenoxy) is 3. The lowest BCUT2D eigenvalue weighted by Gasteiger charge is -2.38. The number of carbonyl (C=O) groups excluding carboxylic acids is 1. The molecule has 1 saturated heterocycles. The van der Waals surface area contributed by atoms with Crippen molar-refractivity contribution in [3.63, 3.8) is 0 Å². The van der Waals surface area contributed by atoms with Crippen LogP contribution in [-0.4, -0.2) is 73.7 Å². The quantitative estimate of drug-likeness (QED) is 0.377. The lowest BCUT2D eigenvalue weighted by Crippen LogP contribution is -2.47. The predicted molar refractivity (Wildman–Crippen MR) is 147 cm³/mol. The lowest BCUT2D eigenvalue weighted by molar-refractivity contribution is 0.0201. The van der Waals surface area contributed by atoms with Crippen molar-refractivity contribution in [1.82, 2.24) is 14.0 Å². The zero-order valence-electron chi connectivity index (χ0n) is 23.5. The molecule has 1 aromatic heterocycles. The summed E-state index contributed by atoms with van der Waals surface area (Å²) in [7, 11) is 4.06. The van der Waals surface area contributed by atoms with Crippen LogP contribution in [0.15, 0.2) is 16.9 Å². The SMILES string of the molecule is COc1ccc2c(c1N1CCC(N(C)C(=O)OC(C)(C)C)CC1)n(C)c(=O)n2COCC[Si](C)(C)C. The number of aromatic nitrogens is 2. The van der Waals surface area contributed by atoms with E-state index in [1.807, 2.05) is 40.0 Å². The van der Waals surface area contributed by atoms with Gasteiger partial charge in [0.05, 0.1) is 18.1 Å². The fraction of sp³-hybridized carbons (Fsp3) is 0.692. The third-order valence-electron chi connectivity index (χ3n) is 6.68. The fourth-order valence-corrected chi connectivity index (χ4v) is 5.32. The van der Waals surface area contributed by atoms with Gasteiger partial charge < -0.3 is 24.0 Å². The number of hydrogen-bond acceptors (Lipinski definition) is 6. The van der Waals surface area contributed by atoms with Gasteiger partial charge in [-0.3, -0.25) is 9.13 Å². The number of carbonyl (C=O) groups is 1. The number of hydrogen-bond donors (Lipinski definition) is 0. The third-order valence-corrected chi connectivity index (χ3v) is 8.39. The van der Waals surface area contributed by atoms with E-state index in [4.69, 9.17) is 14.2 Å². The Balaban J connectivity index is 1.82. The number of piperidine rings is 1. The van der Waals surface area contributed by atoms with Gasteiger partial charge in [-0.2, -0.15) is 0 Å². The van der Waals surface area contributed by atoms with Crippen LogP contribution < -0.4 is 15.3 Å². The third kappa shape index (κ3) is 6.45. The van der Waals surface area contributed by atoms with Crippen LogP contribution >= 0.6 is 0 Å². The summed E-state index contributed by atoms with van der Waals surface area (Å²) in [5.41, 5.74) is 1.96. The van der Waals surface area contributed by atoms with E-state index in [1.54, 1.807) is 28.2 Å². The van der Waals surface area contributed by atoms with Crippen LogP contribution in [0.25, 0.3) is 11.0 Å². The molecule has 1 aromatic carbocycles. The molecule has 9 nitrogen and oxygen atoms in total. The highest BCUT2D eigenvalue weighted by atomic mass is 28.3. The van der Waals surface area contributed by atoms with E-state index in [0.717, 1.165) is 54.4 Å². The average molecular weight is 521 g/mol. The number of methoxy groups -OCH3 is 1. The maximum absolute atomic E-state index is 13.2. The zero-order chi connectivity index (χ0) is 26.8. The number of imidazole rings is 1. The second-order valence-corrected chi connectivity index (χ2v) is 17.5. The van der Waals surface area contributed by atoms with Crippen molar-refractivity contribution < 1.29 is 19.0 Å². The Kier molecular flexibility index (Phi) is 8.50. The molecular weight excluding hydrogens is 476 g/mol. The van der Waals surface area contributed by atoms with E-state index >= 15 is 0 Å². The van der Waals surface area contributed by atoms with E-state index < -0.39 is 13.7 Å². The molecule has 0 unspecified atom stereocenters. The van der Waals surface area contributed by atoms with E-state index in [2.05, 4.69) is 24.5 Å². The van der Waals surface area contributed by atoms with Gasteiger partial charge in [-0.05, 0) is 51.8 Å². The van der Waals surface area contributed by atoms with E-state index in [0.29, 0.717) is 6.61 Å². The van der Waals surface area contributed by atoms with Gasteiger partial charge in [0.1, 0.15) is 23.8 Å². The van der Waals surface area contributed by atoms with Gasteiger partial charge in [0.25, 0.3) is 0 Å². The summed E-state index contributed by atoms with van der Waals surface area (Å²) >= 11 is 0. The molecule has 3 rings (SSSR count). The number of anilines is 1. The van der Waals surface area contributed by atoms with Gasteiger partial charge in [0.15, 0.2) is 0 Å². The van der Waals surface area contributed by atoms with Crippen LogP contribution in [0.1, 0.15) is 33.6 Å². The molecule has 0 atom stereocenters. The molecule has 0 spiro atoms. The van der Waals surface area contributed by atoms with Gasteiger partial charge in [0, 0.05) is 47.9 Å². The number of amides is 1. The first-order chi connectivity index (χ1) is 16.7. The Morgan fingerprint density at radius 1 is 1.17 bits per heavy atom. The summed E-state index contributed by atoms with van der Waals surface area (Å²) in [6.07, 6.45) is 1.29. The topological polar surface area (TPSA) is 78.2 Å². The van der Waals surface area contributed by atoms with Crippen LogP contribution in [0.3, 0.4) is 0 Å². The van der Waals surface area contributed by atoms with Crippen LogP contribution in [0.4, 0.5) is 10.5 Å². The molecule has 0 saturated carbocycles. The summed E-state index contributed by atoms with van der Waals surface area (Å²) < 4.78 is 20.6. The molecule has 0 N–H and O–H groups in total. The van der Waals surface area contributed by atoms with E-state index in [9.17, 15) is 9.59 Å². The smallest absolute Gasteiger partial charge is 0.410 e. The average Bonchev–Trinajstić information content (AvgIpc) is 3.03. The number of rotatable bonds is 8. The monoisotopic (exact) mass is 520 g/mol. The maximum Gasteiger partial charge on any atom is 0.410 e. The molecular formula is C26H44N4O5Si. The molecule has 202 valence electrons. The van der Waals surface area contributed by atoms with Crippen molar-refractivity contribution >= 4 is 30.9 Å². The highest BCUT2D eigenvalue weighted by Crippen LogP contribution is 2.37. The van der Waals surface area contributed by atoms with E-state index in [1.165, 1.54) is 0 Å². The van der Waals surface area contributed by atoms with E-state index in [-0.39, 0.29) is 24.6 Å². The number of fused-ring (bicyclic) bond motifs is 1. The van der Waals surface area contributed by atoms with Gasteiger partial charge in [-0.1, -0.05) is 19.6 Å². The summed E-state index contributed by atoms with van der Waals surface area (Å²) in [5.74, 6) is 0.730. The first kappa shape index (κ1) is 28.1. The van der Waals surface area contributed by atoms with Crippen LogP contribution in [-0.2, 0) is 23.3 Å². The minimum absolute atomic E-state index is 0.0921. The molecule has 1 amide bonds. The van der Waals surface area contributed by atoms with Crippen molar-refractivity contribution in [1.29, 1.82) is 0 Å². The fourth-order valence-electron chi connectivity index (χ4n) is 4.57. The minimum Gasteiger partial charge on any atom is -0.494 e. The first-order valence-electron chi connectivity index (χ1n) is 12.8. The van der Waals surface area contributed by atoms with Gasteiger partial charge in [-0.25, -0.2) is 9.59 Å². The predicted octanol–water partition coefficient (Wildman–Crippen LogP) is 4.50. The Labute approximate surface area is 215 Å². The van der Waals surface area contributed by atoms with Gasteiger partial charge in [0.2, 0.25) is 0 Å². The Morgan fingerprint density at radius 3 is 2.36 bits per heavy atom. The maximum atomic E-state index is 13.2. The highest BCUT2D eigenvalue weighted by Gasteiger charge is 2.31. The van der Waals surface area contributed by atoms with Crippen LogP contribution in [0.5, 0.6) is 5.75 Å². The van der Waals surface area contributed by atoms with Crippen LogP contribution in [0.2, 0.25) is 25.7 Å². The van der Waals surface area contributed by atoms with Crippen molar-refractivity contribution in [2.45, 2.75) is 77.7 Å². The highest BCUT2D eigenvalue weighted by molar-refractivity contribution is 6.76. The number of nitrogens with zero attached hydrogens (tertiary/aromatic N) is 4. The molecule has 1 aliphatic heterocycles. The van der Waals surface area contributed by atoms with Gasteiger partial charge in [-0.15, -0.1) is 0 Å². The Bertz CT molecular complexity index is 1120. The van der Waals surface area contributed by atoms with Crippen LogP contribution in [0, 0.1) is 0 Å². The first-order valence-corrected chi connectivity index (χ1v) is 16.5. The molecule has 0 radical (unpaired) electrons. The molecule has 1 aliphatic rings. The molecule has 10 heteroatoms. The zero-order valence-corrected chi connectivity index (χ0v) is 24.5. The molecule has 2 heterocycles. The minimum atomic E-state index is -1.21. The van der Waals surface area contributed by atoms with Crippen molar-refractivity contribution in [2.24, 2.45) is 7.05 Å². The van der Waals surface area contributed by atoms with Crippen molar-refractivity contribution in [3.8, 4) is 5.75 Å². The molecule has 1 fully saturated rings. The second kappa shape index (κ2) is 10.9. The number of aryl methyl sites for hydroxylation is 1. The molecule has 0 bridgehead atoms. The number of benzene rings is 1. The summed E-state index contributed by atoms with van der Waals surface area (Å²) in [6.45, 7) is 14.9. The lowest BCUT2D eigenvalue weighted by atomic mass is 10.0. The van der Waals surface area contributed by atoms with Crippen molar-refractivity contribution in [3.05, 3.63) is 22.6 Å². The largest absolute Gasteiger partial charge is 0.494 e. The molecule has 0 aliphatic carbocycles. The van der Waals surface area contributed by atoms with Crippen molar-refractivity contribution in [2.75, 3.05) is 38.8 Å². The standard InChI is InChI=1S/C26H44N4O5Si/c1-26(2,3)35-25(32)27(4)19-12-14-29(15-13-19)23-21(33-6)11-10-20-22(23)28(5)24(31)30(20)18-34-16-17-36(7,8)9/h10-11,19H,12-18H2,1-9H3. The second-order valence-electron chi connectivity index (χ2n) is 11.9. The normalized spacial score (nSPS) is 15.4. The Hall–Kier alpha value is -2.46. The van der Waals surface area contributed by atoms with Gasteiger partial charge >= 0.3 is 11.8 Å². The summed E-state index contributed by atoms with van der Waals surface area (Å²) in [4.78, 5) is 29.7. The molecule has 2 aromatic rings. The molecule has 36 heavy (non-hydrogen) atoms. The summed E-state index contributed by atoms with van der Waals surface area (Å²) in [5, 5.41) is 0. The summed E-state index contributed by atoms with van der Waals surface area (Å²) in [6, 6.07) is 5.01. The Morgan fingerprint density at radius 2 is 1.81 bits per heavy atom.